The molecule has 0 aliphatic rings. The van der Waals surface area contributed by atoms with Crippen LogP contribution in [0.5, 0.6) is 11.5 Å². The summed E-state index contributed by atoms with van der Waals surface area (Å²) in [5, 5.41) is 7.11. The van der Waals surface area contributed by atoms with Crippen molar-refractivity contribution in [3.63, 3.8) is 0 Å². The number of nitrogens with zero attached hydrogens (tertiary/aromatic N) is 1. The molecule has 0 amide bonds. The first-order chi connectivity index (χ1) is 12.3. The van der Waals surface area contributed by atoms with E-state index in [1.54, 1.807) is 13.0 Å². The predicted octanol–water partition coefficient (Wildman–Crippen LogP) is 5.56. The zero-order valence-electron chi connectivity index (χ0n) is 13.4. The van der Waals surface area contributed by atoms with E-state index < -0.39 is 5.82 Å². The number of rotatable bonds is 4. The molecule has 134 valence electrons. The maximum absolute atomic E-state index is 14.9. The van der Waals surface area contributed by atoms with Gasteiger partial charge in [-0.25, -0.2) is 9.49 Å². The second-order valence-electron chi connectivity index (χ2n) is 5.61. The van der Waals surface area contributed by atoms with E-state index in [-0.39, 0.29) is 28.5 Å². The van der Waals surface area contributed by atoms with Gasteiger partial charge < -0.3 is 4.74 Å². The maximum Gasteiger partial charge on any atom is 0.267 e. The smallest absolute Gasteiger partial charge is 0.267 e. The van der Waals surface area contributed by atoms with Gasteiger partial charge in [-0.3, -0.25) is 4.79 Å². The Morgan fingerprint density at radius 2 is 1.81 bits per heavy atom. The van der Waals surface area contributed by atoms with Crippen LogP contribution in [0.1, 0.15) is 16.8 Å². The fraction of sp³-hybridized carbons (Fsp3) is 0.111. The van der Waals surface area contributed by atoms with E-state index in [4.69, 9.17) is 39.5 Å². The number of aromatic amines is 1. The minimum atomic E-state index is -0.626. The lowest BCUT2D eigenvalue weighted by atomic mass is 10.1. The first kappa shape index (κ1) is 18.7. The maximum atomic E-state index is 14.9. The average molecular weight is 414 g/mol. The summed E-state index contributed by atoms with van der Waals surface area (Å²) >= 11 is 18.0. The number of hydrogen-bond acceptors (Lipinski definition) is 3. The Morgan fingerprint density at radius 3 is 2.46 bits per heavy atom. The lowest BCUT2D eigenvalue weighted by Gasteiger charge is -2.12. The molecule has 1 aromatic heterocycles. The Balaban J connectivity index is 1.95. The molecule has 1 N–H and O–H groups in total. The highest BCUT2D eigenvalue weighted by Crippen LogP contribution is 2.36. The molecule has 0 aliphatic carbocycles. The van der Waals surface area contributed by atoms with Crippen molar-refractivity contribution in [3.8, 4) is 11.5 Å². The summed E-state index contributed by atoms with van der Waals surface area (Å²) in [6, 6.07) is 9.21. The molecule has 1 heterocycles. The van der Waals surface area contributed by atoms with Crippen LogP contribution in [0.4, 0.5) is 4.39 Å². The normalized spacial score (nSPS) is 10.8. The van der Waals surface area contributed by atoms with Crippen molar-refractivity contribution in [1.82, 2.24) is 10.2 Å². The molecular weight excluding hydrogens is 402 g/mol. The van der Waals surface area contributed by atoms with Gasteiger partial charge in [-0.05, 0) is 42.8 Å². The molecule has 0 atom stereocenters. The van der Waals surface area contributed by atoms with Crippen molar-refractivity contribution >= 4 is 34.8 Å². The fourth-order valence-electron chi connectivity index (χ4n) is 2.35. The highest BCUT2D eigenvalue weighted by Gasteiger charge is 2.16. The van der Waals surface area contributed by atoms with Crippen molar-refractivity contribution in [2.75, 3.05) is 0 Å². The second kappa shape index (κ2) is 7.66. The summed E-state index contributed by atoms with van der Waals surface area (Å²) in [5.74, 6) is -0.499. The Labute approximate surface area is 163 Å². The van der Waals surface area contributed by atoms with Gasteiger partial charge in [-0.1, -0.05) is 40.9 Å². The molecule has 0 unspecified atom stereocenters. The number of ether oxygens (including phenoxy) is 1. The van der Waals surface area contributed by atoms with Crippen LogP contribution in [0.2, 0.25) is 15.1 Å². The number of aryl methyl sites for hydroxylation is 1. The Kier molecular flexibility index (Phi) is 5.51. The van der Waals surface area contributed by atoms with Gasteiger partial charge in [0, 0.05) is 22.0 Å². The standard InChI is InChI=1S/C18H12Cl3FN2O2/c1-9-4-13(23-24-18(9)25)5-10-2-3-15(21)17(16(10)22)26-14-7-11(19)6-12(20)8-14/h2-4,6-8H,5H2,1H3,(H,24,25). The molecule has 0 saturated carbocycles. The van der Waals surface area contributed by atoms with E-state index in [2.05, 4.69) is 10.2 Å². The summed E-state index contributed by atoms with van der Waals surface area (Å²) in [6.45, 7) is 1.65. The second-order valence-corrected chi connectivity index (χ2v) is 6.89. The van der Waals surface area contributed by atoms with Crippen molar-refractivity contribution < 1.29 is 9.13 Å². The van der Waals surface area contributed by atoms with Gasteiger partial charge in [-0.2, -0.15) is 5.10 Å². The summed E-state index contributed by atoms with van der Waals surface area (Å²) in [5.41, 5.74) is 1.04. The summed E-state index contributed by atoms with van der Waals surface area (Å²) in [7, 11) is 0. The van der Waals surface area contributed by atoms with E-state index in [0.29, 0.717) is 26.9 Å². The van der Waals surface area contributed by atoms with Crippen LogP contribution < -0.4 is 10.3 Å². The van der Waals surface area contributed by atoms with Crippen molar-refractivity contribution in [3.05, 3.63) is 84.5 Å². The molecular formula is C18H12Cl3FN2O2. The van der Waals surface area contributed by atoms with Gasteiger partial charge in [0.15, 0.2) is 11.6 Å². The lowest BCUT2D eigenvalue weighted by Crippen LogP contribution is -2.13. The van der Waals surface area contributed by atoms with Crippen LogP contribution in [-0.4, -0.2) is 10.2 Å². The monoisotopic (exact) mass is 412 g/mol. The summed E-state index contributed by atoms with van der Waals surface area (Å²) < 4.78 is 20.5. The molecule has 26 heavy (non-hydrogen) atoms. The van der Waals surface area contributed by atoms with Crippen molar-refractivity contribution in [1.29, 1.82) is 0 Å². The molecule has 0 saturated heterocycles. The van der Waals surface area contributed by atoms with E-state index in [1.165, 1.54) is 30.3 Å². The van der Waals surface area contributed by atoms with Crippen LogP contribution in [0.15, 0.2) is 41.2 Å². The third-order valence-electron chi connectivity index (χ3n) is 3.60. The predicted molar refractivity (Wildman–Crippen MR) is 100 cm³/mol. The first-order valence-electron chi connectivity index (χ1n) is 7.49. The molecule has 3 rings (SSSR count). The molecule has 0 bridgehead atoms. The van der Waals surface area contributed by atoms with E-state index >= 15 is 0 Å². The minimum Gasteiger partial charge on any atom is -0.453 e. The Bertz CT molecular complexity index is 1020. The highest BCUT2D eigenvalue weighted by atomic mass is 35.5. The number of aromatic nitrogens is 2. The minimum absolute atomic E-state index is 0.105. The largest absolute Gasteiger partial charge is 0.453 e. The third kappa shape index (κ3) is 4.18. The average Bonchev–Trinajstić information content (AvgIpc) is 2.56. The molecule has 0 spiro atoms. The quantitative estimate of drug-likeness (QED) is 0.609. The Morgan fingerprint density at radius 1 is 1.12 bits per heavy atom. The van der Waals surface area contributed by atoms with Crippen molar-refractivity contribution in [2.45, 2.75) is 13.3 Å². The number of benzene rings is 2. The van der Waals surface area contributed by atoms with Gasteiger partial charge >= 0.3 is 0 Å². The van der Waals surface area contributed by atoms with Gasteiger partial charge in [0.25, 0.3) is 5.56 Å². The number of halogens is 4. The van der Waals surface area contributed by atoms with Crippen LogP contribution in [-0.2, 0) is 6.42 Å². The molecule has 3 aromatic rings. The fourth-order valence-corrected chi connectivity index (χ4v) is 3.04. The van der Waals surface area contributed by atoms with Gasteiger partial charge in [-0.15, -0.1) is 0 Å². The van der Waals surface area contributed by atoms with Gasteiger partial charge in [0.2, 0.25) is 0 Å². The molecule has 8 heteroatoms. The molecule has 0 radical (unpaired) electrons. The summed E-state index contributed by atoms with van der Waals surface area (Å²) in [6.07, 6.45) is 0.160. The van der Waals surface area contributed by atoms with E-state index in [9.17, 15) is 9.18 Å². The number of hydrogen-bond donors (Lipinski definition) is 1. The highest BCUT2D eigenvalue weighted by molar-refractivity contribution is 6.34. The zero-order chi connectivity index (χ0) is 18.8. The number of H-pyrrole nitrogens is 1. The summed E-state index contributed by atoms with van der Waals surface area (Å²) in [4.78, 5) is 11.4. The molecule has 0 fully saturated rings. The first-order valence-corrected chi connectivity index (χ1v) is 8.63. The van der Waals surface area contributed by atoms with Gasteiger partial charge in [0.1, 0.15) is 5.75 Å². The van der Waals surface area contributed by atoms with Gasteiger partial charge in [0.05, 0.1) is 10.7 Å². The number of nitrogens with one attached hydrogen (secondary N) is 1. The molecule has 4 nitrogen and oxygen atoms in total. The topological polar surface area (TPSA) is 55.0 Å². The van der Waals surface area contributed by atoms with E-state index in [0.717, 1.165) is 0 Å². The van der Waals surface area contributed by atoms with Crippen LogP contribution in [0, 0.1) is 12.7 Å². The lowest BCUT2D eigenvalue weighted by molar-refractivity contribution is 0.439. The SMILES string of the molecule is Cc1cc(Cc2ccc(Cl)c(Oc3cc(Cl)cc(Cl)c3)c2F)n[nH]c1=O. The molecule has 2 aromatic carbocycles. The third-order valence-corrected chi connectivity index (χ3v) is 4.33. The van der Waals surface area contributed by atoms with Crippen molar-refractivity contribution in [2.24, 2.45) is 0 Å². The van der Waals surface area contributed by atoms with Crippen LogP contribution in [0.25, 0.3) is 0 Å². The van der Waals surface area contributed by atoms with E-state index in [1.807, 2.05) is 0 Å². The molecule has 0 aliphatic heterocycles. The zero-order valence-corrected chi connectivity index (χ0v) is 15.7. The Hall–Kier alpha value is -2.08. The van der Waals surface area contributed by atoms with Crippen LogP contribution >= 0.6 is 34.8 Å². The van der Waals surface area contributed by atoms with Crippen LogP contribution in [0.3, 0.4) is 0 Å².